The second-order valence-corrected chi connectivity index (χ2v) is 9.00. The largest absolute Gasteiger partial charge is 0.490 e. The molecular weight excluding hydrogens is 425 g/mol. The number of alkyl halides is 3. The number of hydrogen-bond acceptors (Lipinski definition) is 6. The number of thioether (sulfide) groups is 1. The smallest absolute Gasteiger partial charge is 0.475 e. The van der Waals surface area contributed by atoms with Crippen LogP contribution in [0.5, 0.6) is 0 Å². The lowest BCUT2D eigenvalue weighted by Crippen LogP contribution is -2.62. The molecule has 1 N–H and O–H groups in total. The van der Waals surface area contributed by atoms with E-state index in [0.717, 1.165) is 44.0 Å². The highest BCUT2D eigenvalue weighted by molar-refractivity contribution is 8.01. The third kappa shape index (κ3) is 5.86. The number of ether oxygens (including phenoxy) is 2. The fourth-order valence-electron chi connectivity index (χ4n) is 3.61. The van der Waals surface area contributed by atoms with Crippen molar-refractivity contribution in [2.45, 2.75) is 36.5 Å². The van der Waals surface area contributed by atoms with Crippen LogP contribution in [0.1, 0.15) is 18.5 Å². The van der Waals surface area contributed by atoms with Gasteiger partial charge in [-0.2, -0.15) is 13.2 Å². The van der Waals surface area contributed by atoms with Gasteiger partial charge in [-0.25, -0.2) is 4.79 Å². The zero-order chi connectivity index (χ0) is 21.8. The highest BCUT2D eigenvalue weighted by atomic mass is 32.2. The molecule has 2 atom stereocenters. The predicted molar refractivity (Wildman–Crippen MR) is 102 cm³/mol. The summed E-state index contributed by atoms with van der Waals surface area (Å²) in [6.45, 7) is 3.65. The van der Waals surface area contributed by atoms with E-state index in [-0.39, 0.29) is 22.7 Å². The highest BCUT2D eigenvalue weighted by Gasteiger charge is 2.51. The molecule has 1 amide bonds. The molecule has 4 heterocycles. The molecule has 0 saturated carbocycles. The molecule has 166 valence electrons. The second kappa shape index (κ2) is 9.52. The van der Waals surface area contributed by atoms with Gasteiger partial charge in [-0.3, -0.25) is 9.78 Å². The number of carboxylic acid groups (broad SMARTS) is 1. The molecule has 11 heteroatoms. The molecule has 0 aliphatic carbocycles. The fraction of sp³-hybridized carbons (Fsp3) is 0.632. The van der Waals surface area contributed by atoms with Crippen LogP contribution in [-0.2, 0) is 25.7 Å². The van der Waals surface area contributed by atoms with Gasteiger partial charge in [0.1, 0.15) is 0 Å². The Morgan fingerprint density at radius 3 is 2.67 bits per heavy atom. The summed E-state index contributed by atoms with van der Waals surface area (Å²) in [4.78, 5) is 27.6. The maximum absolute atomic E-state index is 12.4. The van der Waals surface area contributed by atoms with Crippen LogP contribution in [0, 0.1) is 5.92 Å². The lowest BCUT2D eigenvalue weighted by molar-refractivity contribution is -0.192. The van der Waals surface area contributed by atoms with Crippen LogP contribution in [-0.4, -0.2) is 76.0 Å². The summed E-state index contributed by atoms with van der Waals surface area (Å²) >= 11 is 1.97. The molecule has 2 unspecified atom stereocenters. The average Bonchev–Trinajstić information content (AvgIpc) is 3.35. The zero-order valence-electron chi connectivity index (χ0n) is 16.1. The van der Waals surface area contributed by atoms with Gasteiger partial charge in [0.15, 0.2) is 0 Å². The number of rotatable bonds is 4. The molecule has 3 aliphatic heterocycles. The average molecular weight is 448 g/mol. The number of aliphatic carboxylic acids is 1. The lowest BCUT2D eigenvalue weighted by Gasteiger charge is -2.48. The Balaban J connectivity index is 0.000000318. The maximum Gasteiger partial charge on any atom is 0.490 e. The van der Waals surface area contributed by atoms with Crippen LogP contribution in [0.4, 0.5) is 13.2 Å². The van der Waals surface area contributed by atoms with Crippen molar-refractivity contribution in [3.05, 3.63) is 30.1 Å². The van der Waals surface area contributed by atoms with E-state index in [0.29, 0.717) is 13.2 Å². The molecule has 1 aromatic rings. The van der Waals surface area contributed by atoms with Crippen LogP contribution >= 0.6 is 11.8 Å². The summed E-state index contributed by atoms with van der Waals surface area (Å²) < 4.78 is 43.3. The number of halogens is 3. The van der Waals surface area contributed by atoms with Crippen molar-refractivity contribution in [2.75, 3.05) is 32.1 Å². The quantitative estimate of drug-likeness (QED) is 0.756. The first kappa shape index (κ1) is 22.8. The van der Waals surface area contributed by atoms with Crippen molar-refractivity contribution in [1.29, 1.82) is 0 Å². The van der Waals surface area contributed by atoms with Gasteiger partial charge in [0.05, 0.1) is 35.7 Å². The van der Waals surface area contributed by atoms with Crippen LogP contribution < -0.4 is 0 Å². The molecular formula is C19H23F3N2O5S. The molecule has 1 spiro atoms. The summed E-state index contributed by atoms with van der Waals surface area (Å²) in [7, 11) is 0. The fourth-order valence-corrected chi connectivity index (χ4v) is 5.16. The normalized spacial score (nSPS) is 24.8. The summed E-state index contributed by atoms with van der Waals surface area (Å²) in [5.41, 5.74) is 0.977. The molecule has 0 bridgehead atoms. The molecule has 1 aromatic heterocycles. The van der Waals surface area contributed by atoms with Gasteiger partial charge in [-0.15, -0.1) is 11.8 Å². The standard InChI is InChI=1S/C17H22N2O3S.C2HF3O2/c20-16(13-4-6-21-8-13)19-11-17(12-19)7-15(10-23-17)22-9-14-3-1-2-5-18-14;3-2(4,5)1(6)7/h1-3,5,13,15H,4,6-12H2;(H,6,7). The van der Waals surface area contributed by atoms with Gasteiger partial charge in [-0.05, 0) is 25.0 Å². The lowest BCUT2D eigenvalue weighted by atomic mass is 9.91. The topological polar surface area (TPSA) is 89.0 Å². The molecule has 0 aromatic carbocycles. The number of carboxylic acids is 1. The Hall–Kier alpha value is -1.85. The molecule has 3 saturated heterocycles. The van der Waals surface area contributed by atoms with E-state index in [1.165, 1.54) is 0 Å². The Morgan fingerprint density at radius 1 is 1.37 bits per heavy atom. The molecule has 7 nitrogen and oxygen atoms in total. The molecule has 3 aliphatic rings. The summed E-state index contributed by atoms with van der Waals surface area (Å²) in [6.07, 6.45) is -1.10. The molecule has 0 radical (unpaired) electrons. The first-order valence-corrected chi connectivity index (χ1v) is 10.5. The maximum atomic E-state index is 12.4. The van der Waals surface area contributed by atoms with Gasteiger partial charge in [0, 0.05) is 31.6 Å². The first-order valence-electron chi connectivity index (χ1n) is 9.51. The van der Waals surface area contributed by atoms with E-state index >= 15 is 0 Å². The van der Waals surface area contributed by atoms with E-state index in [4.69, 9.17) is 19.4 Å². The van der Waals surface area contributed by atoms with Crippen LogP contribution in [0.15, 0.2) is 24.4 Å². The van der Waals surface area contributed by atoms with E-state index in [1.54, 1.807) is 6.20 Å². The van der Waals surface area contributed by atoms with Gasteiger partial charge >= 0.3 is 12.1 Å². The SMILES string of the molecule is O=C(C1CCOC1)N1CC2(CC(OCc3ccccn3)CS2)C1.O=C(O)C(F)(F)F. The summed E-state index contributed by atoms with van der Waals surface area (Å²) in [5.74, 6) is -1.37. The minimum atomic E-state index is -5.08. The number of carbonyl (C=O) groups is 2. The summed E-state index contributed by atoms with van der Waals surface area (Å²) in [6, 6.07) is 5.89. The number of amides is 1. The third-order valence-electron chi connectivity index (χ3n) is 5.16. The Labute approximate surface area is 175 Å². The van der Waals surface area contributed by atoms with Crippen LogP contribution in [0.3, 0.4) is 0 Å². The monoisotopic (exact) mass is 448 g/mol. The number of carbonyl (C=O) groups excluding carboxylic acids is 1. The van der Waals surface area contributed by atoms with Crippen molar-refractivity contribution in [3.8, 4) is 0 Å². The summed E-state index contributed by atoms with van der Waals surface area (Å²) in [5, 5.41) is 7.12. The van der Waals surface area contributed by atoms with Crippen molar-refractivity contribution < 1.29 is 37.3 Å². The molecule has 3 fully saturated rings. The van der Waals surface area contributed by atoms with Crippen molar-refractivity contribution in [2.24, 2.45) is 5.92 Å². The minimum absolute atomic E-state index is 0.0926. The van der Waals surface area contributed by atoms with Crippen LogP contribution in [0.2, 0.25) is 0 Å². The van der Waals surface area contributed by atoms with Crippen LogP contribution in [0.25, 0.3) is 0 Å². The number of nitrogens with zero attached hydrogens (tertiary/aromatic N) is 2. The van der Waals surface area contributed by atoms with Gasteiger partial charge < -0.3 is 19.5 Å². The van der Waals surface area contributed by atoms with Crippen molar-refractivity contribution >= 4 is 23.6 Å². The Morgan fingerprint density at radius 2 is 2.10 bits per heavy atom. The number of aromatic nitrogens is 1. The number of likely N-dealkylation sites (tertiary alicyclic amines) is 1. The molecule has 4 rings (SSSR count). The van der Waals surface area contributed by atoms with Gasteiger partial charge in [0.25, 0.3) is 0 Å². The minimum Gasteiger partial charge on any atom is -0.475 e. The number of hydrogen-bond donors (Lipinski definition) is 1. The Kier molecular flexibility index (Phi) is 7.25. The molecule has 30 heavy (non-hydrogen) atoms. The Bertz CT molecular complexity index is 737. The van der Waals surface area contributed by atoms with E-state index in [1.807, 2.05) is 34.9 Å². The van der Waals surface area contributed by atoms with E-state index in [9.17, 15) is 18.0 Å². The van der Waals surface area contributed by atoms with Crippen molar-refractivity contribution in [1.82, 2.24) is 9.88 Å². The van der Waals surface area contributed by atoms with E-state index in [2.05, 4.69) is 4.98 Å². The second-order valence-electron chi connectivity index (χ2n) is 7.51. The van der Waals surface area contributed by atoms with E-state index < -0.39 is 12.1 Å². The van der Waals surface area contributed by atoms with Crippen molar-refractivity contribution in [3.63, 3.8) is 0 Å². The van der Waals surface area contributed by atoms with Gasteiger partial charge in [-0.1, -0.05) is 6.07 Å². The zero-order valence-corrected chi connectivity index (χ0v) is 17.0. The first-order chi connectivity index (χ1) is 14.2. The number of pyridine rings is 1. The highest BCUT2D eigenvalue weighted by Crippen LogP contribution is 2.46. The third-order valence-corrected chi connectivity index (χ3v) is 6.73. The van der Waals surface area contributed by atoms with Gasteiger partial charge in [0.2, 0.25) is 5.91 Å². The predicted octanol–water partition coefficient (Wildman–Crippen LogP) is 2.35.